The lowest BCUT2D eigenvalue weighted by Crippen LogP contribution is -2.38. The molecule has 0 unspecified atom stereocenters. The molecule has 1 aliphatic rings. The van der Waals surface area contributed by atoms with E-state index in [1.807, 2.05) is 12.1 Å². The Labute approximate surface area is 186 Å². The van der Waals surface area contributed by atoms with Crippen molar-refractivity contribution in [3.05, 3.63) is 29.8 Å². The first-order chi connectivity index (χ1) is 13.3. The maximum absolute atomic E-state index is 5.92. The summed E-state index contributed by atoms with van der Waals surface area (Å²) in [5, 5.41) is 6.59. The van der Waals surface area contributed by atoms with Crippen LogP contribution in [0.5, 0.6) is 5.75 Å². The van der Waals surface area contributed by atoms with Crippen LogP contribution < -0.4 is 15.4 Å². The molecule has 2 N–H and O–H groups in total. The summed E-state index contributed by atoms with van der Waals surface area (Å²) in [7, 11) is 1.72. The van der Waals surface area contributed by atoms with Crippen LogP contribution in [-0.2, 0) is 16.0 Å². The lowest BCUT2D eigenvalue weighted by molar-refractivity contribution is 0.0322. The van der Waals surface area contributed by atoms with Gasteiger partial charge in [-0.2, -0.15) is 0 Å². The predicted molar refractivity (Wildman–Crippen MR) is 124 cm³/mol. The van der Waals surface area contributed by atoms with E-state index in [9.17, 15) is 0 Å². The van der Waals surface area contributed by atoms with E-state index >= 15 is 0 Å². The van der Waals surface area contributed by atoms with Crippen LogP contribution in [0.15, 0.2) is 29.3 Å². The number of methoxy groups -OCH3 is 1. The van der Waals surface area contributed by atoms with Gasteiger partial charge in [-0.25, -0.2) is 4.99 Å². The van der Waals surface area contributed by atoms with Crippen LogP contribution >= 0.6 is 24.0 Å². The highest BCUT2D eigenvalue weighted by Gasteiger charge is 2.09. The summed E-state index contributed by atoms with van der Waals surface area (Å²) in [5.41, 5.74) is 1.13. The summed E-state index contributed by atoms with van der Waals surface area (Å²) in [6.07, 6.45) is 0.952. The molecule has 0 aromatic heterocycles. The molecule has 28 heavy (non-hydrogen) atoms. The normalized spacial score (nSPS) is 15.0. The third-order valence-electron chi connectivity index (χ3n) is 4.26. The Balaban J connectivity index is 0.00000392. The van der Waals surface area contributed by atoms with Crippen LogP contribution in [-0.4, -0.2) is 77.1 Å². The van der Waals surface area contributed by atoms with Crippen LogP contribution in [0.2, 0.25) is 0 Å². The average molecular weight is 506 g/mol. The van der Waals surface area contributed by atoms with Crippen LogP contribution in [0.1, 0.15) is 18.9 Å². The molecule has 0 atom stereocenters. The van der Waals surface area contributed by atoms with Gasteiger partial charge in [0.15, 0.2) is 5.96 Å². The number of hydrogen-bond donors (Lipinski definition) is 2. The van der Waals surface area contributed by atoms with Gasteiger partial charge in [0, 0.05) is 46.4 Å². The number of halogens is 1. The molecule has 0 saturated carbocycles. The van der Waals surface area contributed by atoms with Crippen molar-refractivity contribution in [3.63, 3.8) is 0 Å². The molecular weight excluding hydrogens is 471 g/mol. The van der Waals surface area contributed by atoms with E-state index in [0.717, 1.165) is 76.2 Å². The zero-order valence-electron chi connectivity index (χ0n) is 17.1. The van der Waals surface area contributed by atoms with Crippen molar-refractivity contribution < 1.29 is 14.2 Å². The lowest BCUT2D eigenvalue weighted by atomic mass is 10.2. The second-order valence-electron chi connectivity index (χ2n) is 6.42. The molecule has 0 aliphatic carbocycles. The van der Waals surface area contributed by atoms with Crippen LogP contribution in [0.25, 0.3) is 0 Å². The van der Waals surface area contributed by atoms with Gasteiger partial charge in [0.1, 0.15) is 12.4 Å². The monoisotopic (exact) mass is 506 g/mol. The van der Waals surface area contributed by atoms with Gasteiger partial charge in [0.05, 0.1) is 19.8 Å². The third kappa shape index (κ3) is 10.4. The molecule has 1 aromatic carbocycles. The fraction of sp³-hybridized carbons (Fsp3) is 0.650. The molecule has 1 aliphatic heterocycles. The number of hydrogen-bond acceptors (Lipinski definition) is 5. The Morgan fingerprint density at radius 2 is 2.04 bits per heavy atom. The van der Waals surface area contributed by atoms with Gasteiger partial charge in [-0.15, -0.1) is 24.0 Å². The lowest BCUT2D eigenvalue weighted by Gasteiger charge is -2.26. The van der Waals surface area contributed by atoms with Crippen molar-refractivity contribution in [1.82, 2.24) is 15.5 Å². The van der Waals surface area contributed by atoms with Crippen molar-refractivity contribution >= 4 is 29.9 Å². The predicted octanol–water partition coefficient (Wildman–Crippen LogP) is 2.11. The van der Waals surface area contributed by atoms with Crippen molar-refractivity contribution in [3.8, 4) is 5.75 Å². The summed E-state index contributed by atoms with van der Waals surface area (Å²) in [5.74, 6) is 1.72. The number of morpholine rings is 1. The van der Waals surface area contributed by atoms with E-state index in [4.69, 9.17) is 14.2 Å². The summed E-state index contributed by atoms with van der Waals surface area (Å²) >= 11 is 0. The second kappa shape index (κ2) is 15.8. The molecule has 160 valence electrons. The highest BCUT2D eigenvalue weighted by molar-refractivity contribution is 14.0. The summed E-state index contributed by atoms with van der Waals surface area (Å²) in [6.45, 7) is 10.3. The molecule has 0 bridgehead atoms. The van der Waals surface area contributed by atoms with Crippen molar-refractivity contribution in [2.75, 3.05) is 66.3 Å². The molecule has 0 radical (unpaired) electrons. The number of aliphatic imine (C=N–C) groups is 1. The Bertz CT molecular complexity index is 554. The first-order valence-corrected chi connectivity index (χ1v) is 9.84. The number of guanidine groups is 1. The zero-order chi connectivity index (χ0) is 19.2. The van der Waals surface area contributed by atoms with Gasteiger partial charge >= 0.3 is 0 Å². The van der Waals surface area contributed by atoms with Gasteiger partial charge in [0.2, 0.25) is 0 Å². The molecule has 1 heterocycles. The maximum atomic E-state index is 5.92. The van der Waals surface area contributed by atoms with E-state index < -0.39 is 0 Å². The molecule has 7 nitrogen and oxygen atoms in total. The Morgan fingerprint density at radius 1 is 1.21 bits per heavy atom. The van der Waals surface area contributed by atoms with E-state index in [-0.39, 0.29) is 24.0 Å². The summed E-state index contributed by atoms with van der Waals surface area (Å²) < 4.78 is 16.4. The maximum Gasteiger partial charge on any atom is 0.191 e. The molecule has 0 spiro atoms. The number of benzene rings is 1. The molecule has 1 saturated heterocycles. The molecule has 0 amide bonds. The van der Waals surface area contributed by atoms with Gasteiger partial charge in [-0.05, 0) is 31.0 Å². The first kappa shape index (κ1) is 24.9. The Morgan fingerprint density at radius 3 is 2.79 bits per heavy atom. The molecular formula is C20H35IN4O3. The van der Waals surface area contributed by atoms with Crippen LogP contribution in [0.3, 0.4) is 0 Å². The highest BCUT2D eigenvalue weighted by atomic mass is 127. The Hall–Kier alpha value is -1.10. The van der Waals surface area contributed by atoms with Crippen LogP contribution in [0, 0.1) is 0 Å². The minimum atomic E-state index is 0. The number of nitrogens with one attached hydrogen (secondary N) is 2. The minimum absolute atomic E-state index is 0. The summed E-state index contributed by atoms with van der Waals surface area (Å²) in [6, 6.07) is 8.17. The standard InChI is InChI=1S/C20H34N4O3.HI/c1-3-21-20(22-8-5-12-25-2)23-17-18-6-4-7-19(16-18)27-15-11-24-9-13-26-14-10-24;/h4,6-7,16H,3,5,8-15,17H2,1-2H3,(H2,21,22,23);1H. The molecule has 2 rings (SSSR count). The molecule has 1 fully saturated rings. The van der Waals surface area contributed by atoms with Crippen LogP contribution in [0.4, 0.5) is 0 Å². The zero-order valence-corrected chi connectivity index (χ0v) is 19.4. The van der Waals surface area contributed by atoms with Gasteiger partial charge < -0.3 is 24.8 Å². The number of ether oxygens (including phenoxy) is 3. The second-order valence-corrected chi connectivity index (χ2v) is 6.42. The van der Waals surface area contributed by atoms with Gasteiger partial charge in [0.25, 0.3) is 0 Å². The number of rotatable bonds is 11. The van der Waals surface area contributed by atoms with Gasteiger partial charge in [-0.3, -0.25) is 4.90 Å². The molecule has 8 heteroatoms. The minimum Gasteiger partial charge on any atom is -0.492 e. The van der Waals surface area contributed by atoms with Crippen molar-refractivity contribution in [1.29, 1.82) is 0 Å². The topological polar surface area (TPSA) is 67.4 Å². The number of nitrogens with zero attached hydrogens (tertiary/aromatic N) is 2. The first-order valence-electron chi connectivity index (χ1n) is 9.84. The van der Waals surface area contributed by atoms with Gasteiger partial charge in [-0.1, -0.05) is 12.1 Å². The Kier molecular flexibility index (Phi) is 14.1. The average Bonchev–Trinajstić information content (AvgIpc) is 2.70. The molecule has 1 aromatic rings. The fourth-order valence-electron chi connectivity index (χ4n) is 2.79. The SMILES string of the molecule is CCNC(=NCc1cccc(OCCN2CCOCC2)c1)NCCCOC.I. The summed E-state index contributed by atoms with van der Waals surface area (Å²) in [4.78, 5) is 7.02. The third-order valence-corrected chi connectivity index (χ3v) is 4.26. The smallest absolute Gasteiger partial charge is 0.191 e. The fourth-order valence-corrected chi connectivity index (χ4v) is 2.79. The largest absolute Gasteiger partial charge is 0.492 e. The van der Waals surface area contributed by atoms with E-state index in [1.165, 1.54) is 0 Å². The highest BCUT2D eigenvalue weighted by Crippen LogP contribution is 2.14. The van der Waals surface area contributed by atoms with E-state index in [2.05, 4.69) is 39.6 Å². The quantitative estimate of drug-likeness (QED) is 0.208. The van der Waals surface area contributed by atoms with Crippen molar-refractivity contribution in [2.45, 2.75) is 19.9 Å². The van der Waals surface area contributed by atoms with E-state index in [1.54, 1.807) is 7.11 Å². The van der Waals surface area contributed by atoms with E-state index in [0.29, 0.717) is 13.2 Å². The van der Waals surface area contributed by atoms with Crippen molar-refractivity contribution in [2.24, 2.45) is 4.99 Å².